The Bertz CT molecular complexity index is 1090. The highest BCUT2D eigenvalue weighted by molar-refractivity contribution is 6.43. The van der Waals surface area contributed by atoms with Gasteiger partial charge in [0.2, 0.25) is 0 Å². The van der Waals surface area contributed by atoms with Crippen molar-refractivity contribution in [3.63, 3.8) is 0 Å². The Labute approximate surface area is 186 Å². The molecule has 1 saturated heterocycles. The lowest BCUT2D eigenvalue weighted by molar-refractivity contribution is 0.0966. The third-order valence-electron chi connectivity index (χ3n) is 5.80. The summed E-state index contributed by atoms with van der Waals surface area (Å²) in [5.74, 6) is -0.104. The summed E-state index contributed by atoms with van der Waals surface area (Å²) in [7, 11) is 0. The van der Waals surface area contributed by atoms with Crippen LogP contribution in [-0.2, 0) is 13.1 Å². The van der Waals surface area contributed by atoms with Gasteiger partial charge in [0.15, 0.2) is 0 Å². The lowest BCUT2D eigenvalue weighted by Gasteiger charge is -2.26. The van der Waals surface area contributed by atoms with Gasteiger partial charge in [0, 0.05) is 40.8 Å². The molecular formula is C22H22Cl3N3O. The van der Waals surface area contributed by atoms with Gasteiger partial charge in [-0.05, 0) is 55.8 Å². The molecule has 3 aromatic rings. The van der Waals surface area contributed by atoms with E-state index in [9.17, 15) is 4.79 Å². The summed E-state index contributed by atoms with van der Waals surface area (Å²) in [6.07, 6.45) is 3.93. The standard InChI is InChI=1S/C22H21Cl2N3O.ClH/c23-17-10-15(20-16(21(17)24)11-25-22(20)28)19-9-14-8-13(4-5-18(14)26-19)12-27-6-2-1-3-7-27;/h4-5,8-10,26H,1-3,6-7,11-12H2,(H,25,28);1H. The quantitative estimate of drug-likeness (QED) is 0.530. The van der Waals surface area contributed by atoms with E-state index in [-0.39, 0.29) is 18.3 Å². The Morgan fingerprint density at radius 1 is 1.03 bits per heavy atom. The molecule has 0 atom stereocenters. The van der Waals surface area contributed by atoms with Crippen molar-refractivity contribution in [2.75, 3.05) is 13.1 Å². The van der Waals surface area contributed by atoms with Crippen LogP contribution in [0.5, 0.6) is 0 Å². The number of fused-ring (bicyclic) bond motifs is 2. The SMILES string of the molecule is Cl.O=C1NCc2c(Cl)c(Cl)cc(-c3cc4cc(CN5CCCCC5)ccc4[nH]3)c21. The number of amides is 1. The van der Waals surface area contributed by atoms with E-state index < -0.39 is 0 Å². The highest BCUT2D eigenvalue weighted by Gasteiger charge is 2.28. The van der Waals surface area contributed by atoms with Crippen molar-refractivity contribution in [1.29, 1.82) is 0 Å². The largest absolute Gasteiger partial charge is 0.355 e. The number of aromatic amines is 1. The molecule has 0 radical (unpaired) electrons. The van der Waals surface area contributed by atoms with Crippen LogP contribution < -0.4 is 5.32 Å². The summed E-state index contributed by atoms with van der Waals surface area (Å²) < 4.78 is 0. The third-order valence-corrected chi connectivity index (χ3v) is 6.63. The summed E-state index contributed by atoms with van der Waals surface area (Å²) in [5.41, 5.74) is 5.45. The van der Waals surface area contributed by atoms with Crippen molar-refractivity contribution in [3.8, 4) is 11.3 Å². The van der Waals surface area contributed by atoms with Gasteiger partial charge in [-0.1, -0.05) is 35.7 Å². The number of carbonyl (C=O) groups is 1. The van der Waals surface area contributed by atoms with Gasteiger partial charge in [0.05, 0.1) is 15.6 Å². The number of halogens is 3. The minimum absolute atomic E-state index is 0. The number of H-pyrrole nitrogens is 1. The summed E-state index contributed by atoms with van der Waals surface area (Å²) in [6, 6.07) is 10.4. The highest BCUT2D eigenvalue weighted by atomic mass is 35.5. The van der Waals surface area contributed by atoms with E-state index in [1.807, 2.05) is 0 Å². The number of nitrogens with one attached hydrogen (secondary N) is 2. The van der Waals surface area contributed by atoms with E-state index in [1.54, 1.807) is 6.07 Å². The molecule has 0 saturated carbocycles. The molecule has 0 bridgehead atoms. The maximum atomic E-state index is 12.4. The van der Waals surface area contributed by atoms with Gasteiger partial charge in [-0.15, -0.1) is 12.4 Å². The zero-order valence-electron chi connectivity index (χ0n) is 15.9. The molecule has 1 amide bonds. The van der Waals surface area contributed by atoms with Crippen LogP contribution in [0.1, 0.15) is 40.7 Å². The number of rotatable bonds is 3. The maximum Gasteiger partial charge on any atom is 0.252 e. The second kappa shape index (κ2) is 8.19. The van der Waals surface area contributed by atoms with E-state index in [0.717, 1.165) is 34.3 Å². The second-order valence-electron chi connectivity index (χ2n) is 7.70. The molecule has 3 heterocycles. The Hall–Kier alpha value is -1.72. The van der Waals surface area contributed by atoms with Gasteiger partial charge in [-0.2, -0.15) is 0 Å². The highest BCUT2D eigenvalue weighted by Crippen LogP contribution is 2.39. The van der Waals surface area contributed by atoms with Crippen molar-refractivity contribution in [3.05, 3.63) is 57.1 Å². The Balaban J connectivity index is 0.00000205. The normalized spacial score (nSPS) is 16.6. The summed E-state index contributed by atoms with van der Waals surface area (Å²) in [4.78, 5) is 18.3. The molecule has 1 fully saturated rings. The van der Waals surface area contributed by atoms with Gasteiger partial charge < -0.3 is 10.3 Å². The van der Waals surface area contributed by atoms with Crippen molar-refractivity contribution < 1.29 is 4.79 Å². The predicted molar refractivity (Wildman–Crippen MR) is 121 cm³/mol. The summed E-state index contributed by atoms with van der Waals surface area (Å²) in [6.45, 7) is 3.77. The van der Waals surface area contributed by atoms with E-state index in [0.29, 0.717) is 22.2 Å². The van der Waals surface area contributed by atoms with Crippen LogP contribution in [-0.4, -0.2) is 28.9 Å². The van der Waals surface area contributed by atoms with Crippen molar-refractivity contribution in [2.45, 2.75) is 32.4 Å². The number of carbonyl (C=O) groups excluding carboxylic acids is 1. The molecule has 152 valence electrons. The van der Waals surface area contributed by atoms with Crippen LogP contribution in [0.2, 0.25) is 10.0 Å². The lowest BCUT2D eigenvalue weighted by Crippen LogP contribution is -2.28. The molecule has 0 unspecified atom stereocenters. The first-order valence-electron chi connectivity index (χ1n) is 9.73. The molecule has 5 rings (SSSR count). The first-order chi connectivity index (χ1) is 13.6. The third kappa shape index (κ3) is 3.75. The molecular weight excluding hydrogens is 429 g/mol. The van der Waals surface area contributed by atoms with E-state index >= 15 is 0 Å². The van der Waals surface area contributed by atoms with Crippen LogP contribution in [0.25, 0.3) is 22.2 Å². The Kier molecular flexibility index (Phi) is 5.80. The van der Waals surface area contributed by atoms with Crippen LogP contribution in [0.4, 0.5) is 0 Å². The van der Waals surface area contributed by atoms with Gasteiger partial charge in [-0.25, -0.2) is 0 Å². The smallest absolute Gasteiger partial charge is 0.252 e. The van der Waals surface area contributed by atoms with E-state index in [4.69, 9.17) is 23.2 Å². The number of benzene rings is 2. The van der Waals surface area contributed by atoms with Crippen molar-refractivity contribution in [1.82, 2.24) is 15.2 Å². The topological polar surface area (TPSA) is 48.1 Å². The second-order valence-corrected chi connectivity index (χ2v) is 8.48. The molecule has 4 nitrogen and oxygen atoms in total. The van der Waals surface area contributed by atoms with E-state index in [1.165, 1.54) is 37.9 Å². The fraction of sp³-hybridized carbons (Fsp3) is 0.318. The minimum atomic E-state index is -0.104. The number of aromatic nitrogens is 1. The fourth-order valence-electron chi connectivity index (χ4n) is 4.37. The summed E-state index contributed by atoms with van der Waals surface area (Å²) in [5, 5.41) is 4.92. The average Bonchev–Trinajstić information content (AvgIpc) is 3.29. The molecule has 7 heteroatoms. The van der Waals surface area contributed by atoms with Gasteiger partial charge in [0.1, 0.15) is 0 Å². The Morgan fingerprint density at radius 3 is 2.62 bits per heavy atom. The van der Waals surface area contributed by atoms with E-state index in [2.05, 4.69) is 39.5 Å². The summed E-state index contributed by atoms with van der Waals surface area (Å²) >= 11 is 12.7. The zero-order chi connectivity index (χ0) is 19.3. The predicted octanol–water partition coefficient (Wildman–Crippen LogP) is 5.79. The van der Waals surface area contributed by atoms with Gasteiger partial charge in [-0.3, -0.25) is 9.69 Å². The molecule has 29 heavy (non-hydrogen) atoms. The fourth-order valence-corrected chi connectivity index (χ4v) is 4.81. The molecule has 2 aliphatic rings. The molecule has 1 aromatic heterocycles. The number of nitrogens with zero attached hydrogens (tertiary/aromatic N) is 1. The average molecular weight is 451 g/mol. The first-order valence-corrected chi connectivity index (χ1v) is 10.5. The van der Waals surface area contributed by atoms with Crippen molar-refractivity contribution in [2.24, 2.45) is 0 Å². The van der Waals surface area contributed by atoms with Gasteiger partial charge >= 0.3 is 0 Å². The molecule has 0 spiro atoms. The van der Waals surface area contributed by atoms with Crippen LogP contribution in [0.15, 0.2) is 30.3 Å². The molecule has 2 aliphatic heterocycles. The first kappa shape index (κ1) is 20.5. The van der Waals surface area contributed by atoms with Crippen LogP contribution in [0, 0.1) is 0 Å². The van der Waals surface area contributed by atoms with Gasteiger partial charge in [0.25, 0.3) is 5.91 Å². The monoisotopic (exact) mass is 449 g/mol. The Morgan fingerprint density at radius 2 is 1.83 bits per heavy atom. The number of hydrogen-bond acceptors (Lipinski definition) is 2. The number of likely N-dealkylation sites (tertiary alicyclic amines) is 1. The lowest BCUT2D eigenvalue weighted by atomic mass is 10.00. The molecule has 2 aromatic carbocycles. The zero-order valence-corrected chi connectivity index (χ0v) is 18.2. The number of hydrogen-bond donors (Lipinski definition) is 2. The molecule has 0 aliphatic carbocycles. The van der Waals surface area contributed by atoms with Crippen LogP contribution >= 0.6 is 35.6 Å². The maximum absolute atomic E-state index is 12.4. The molecule has 2 N–H and O–H groups in total. The van der Waals surface area contributed by atoms with Crippen molar-refractivity contribution >= 4 is 52.4 Å². The minimum Gasteiger partial charge on any atom is -0.355 e. The van der Waals surface area contributed by atoms with Crippen LogP contribution in [0.3, 0.4) is 0 Å². The number of piperidine rings is 1.